The van der Waals surface area contributed by atoms with Gasteiger partial charge in [0.2, 0.25) is 0 Å². The fourth-order valence-electron chi connectivity index (χ4n) is 0.0630. The van der Waals surface area contributed by atoms with Gasteiger partial charge in [-0.2, -0.15) is 0 Å². The fraction of sp³-hybridized carbons (Fsp3) is 1.00. The first-order chi connectivity index (χ1) is 2.81. The van der Waals surface area contributed by atoms with E-state index >= 15 is 0 Å². The minimum Gasteiger partial charge on any atom is -0.329 e. The maximum atomic E-state index is 11.2. The Balaban J connectivity index is 2.75. The molecular formula is C3H9FN2. The third kappa shape index (κ3) is 2.11. The summed E-state index contributed by atoms with van der Waals surface area (Å²) >= 11 is 0. The third-order valence-electron chi connectivity index (χ3n) is 0.501. The van der Waals surface area contributed by atoms with Gasteiger partial charge in [0.1, 0.15) is 6.67 Å². The van der Waals surface area contributed by atoms with Crippen LogP contribution in [-0.4, -0.2) is 19.3 Å². The van der Waals surface area contributed by atoms with Crippen LogP contribution in [0.25, 0.3) is 0 Å². The Morgan fingerprint density at radius 3 is 2.17 bits per heavy atom. The Hall–Kier alpha value is -0.150. The Kier molecular flexibility index (Phi) is 2.98. The molecule has 0 aromatic heterocycles. The van der Waals surface area contributed by atoms with E-state index in [1.54, 1.807) is 0 Å². The smallest absolute Gasteiger partial charge is 0.106 e. The molecule has 2 nitrogen and oxygen atoms in total. The van der Waals surface area contributed by atoms with Gasteiger partial charge in [0, 0.05) is 12.6 Å². The van der Waals surface area contributed by atoms with Crippen molar-refractivity contribution in [2.75, 3.05) is 13.2 Å². The summed E-state index contributed by atoms with van der Waals surface area (Å²) in [7, 11) is 0. The maximum Gasteiger partial charge on any atom is 0.106 e. The molecular weight excluding hydrogens is 83.0 g/mol. The zero-order chi connectivity index (χ0) is 4.99. The molecule has 0 radical (unpaired) electrons. The molecule has 0 bridgehead atoms. The van der Waals surface area contributed by atoms with Crippen molar-refractivity contribution in [1.29, 1.82) is 0 Å². The molecule has 4 N–H and O–H groups in total. The SMILES string of the molecule is NCC(N)CF. The summed E-state index contributed by atoms with van der Waals surface area (Å²) in [6, 6.07) is -0.454. The molecule has 0 saturated carbocycles. The van der Waals surface area contributed by atoms with Crippen LogP contribution in [0, 0.1) is 0 Å². The van der Waals surface area contributed by atoms with Gasteiger partial charge in [-0.05, 0) is 0 Å². The van der Waals surface area contributed by atoms with Crippen molar-refractivity contribution in [3.63, 3.8) is 0 Å². The summed E-state index contributed by atoms with van der Waals surface area (Å²) in [6.45, 7) is -0.285. The first-order valence-corrected chi connectivity index (χ1v) is 1.83. The highest BCUT2D eigenvalue weighted by Gasteiger charge is 1.92. The third-order valence-corrected chi connectivity index (χ3v) is 0.501. The van der Waals surface area contributed by atoms with Gasteiger partial charge >= 0.3 is 0 Å². The number of rotatable bonds is 2. The van der Waals surface area contributed by atoms with E-state index in [0.717, 1.165) is 0 Å². The van der Waals surface area contributed by atoms with Crippen molar-refractivity contribution >= 4 is 0 Å². The van der Waals surface area contributed by atoms with Crippen LogP contribution in [0.15, 0.2) is 0 Å². The summed E-state index contributed by atoms with van der Waals surface area (Å²) < 4.78 is 11.2. The van der Waals surface area contributed by atoms with E-state index in [-0.39, 0.29) is 6.54 Å². The molecule has 0 spiro atoms. The van der Waals surface area contributed by atoms with Crippen LogP contribution < -0.4 is 11.5 Å². The van der Waals surface area contributed by atoms with Crippen LogP contribution in [0.4, 0.5) is 4.39 Å². The standard InChI is InChI=1S/C3H9FN2/c4-1-3(6)2-5/h3H,1-2,5-6H2. The van der Waals surface area contributed by atoms with Crippen LogP contribution in [0.3, 0.4) is 0 Å². The van der Waals surface area contributed by atoms with Gasteiger partial charge in [0.25, 0.3) is 0 Å². The van der Waals surface area contributed by atoms with E-state index in [2.05, 4.69) is 0 Å². The van der Waals surface area contributed by atoms with Gasteiger partial charge in [-0.3, -0.25) is 0 Å². The van der Waals surface area contributed by atoms with Crippen LogP contribution in [0.1, 0.15) is 0 Å². The average molecular weight is 92.1 g/mol. The molecule has 1 unspecified atom stereocenters. The van der Waals surface area contributed by atoms with E-state index in [1.807, 2.05) is 0 Å². The zero-order valence-corrected chi connectivity index (χ0v) is 3.52. The van der Waals surface area contributed by atoms with Crippen molar-refractivity contribution in [1.82, 2.24) is 0 Å². The highest BCUT2D eigenvalue weighted by atomic mass is 19.1. The van der Waals surface area contributed by atoms with Gasteiger partial charge in [-0.25, -0.2) is 4.39 Å². The maximum absolute atomic E-state index is 11.2. The predicted octanol–water partition coefficient (Wildman–Crippen LogP) is -0.758. The molecule has 38 valence electrons. The molecule has 1 atom stereocenters. The molecule has 0 aromatic carbocycles. The van der Waals surface area contributed by atoms with Gasteiger partial charge in [-0.15, -0.1) is 0 Å². The van der Waals surface area contributed by atoms with Crippen LogP contribution in [0.2, 0.25) is 0 Å². The van der Waals surface area contributed by atoms with Gasteiger partial charge in [-0.1, -0.05) is 0 Å². The minimum absolute atomic E-state index is 0.233. The highest BCUT2D eigenvalue weighted by molar-refractivity contribution is 4.56. The first kappa shape index (κ1) is 5.85. The first-order valence-electron chi connectivity index (χ1n) is 1.83. The predicted molar refractivity (Wildman–Crippen MR) is 23.0 cm³/mol. The summed E-state index contributed by atoms with van der Waals surface area (Å²) in [5, 5.41) is 0. The Bertz CT molecular complexity index is 28.0. The molecule has 0 amide bonds. The monoisotopic (exact) mass is 92.1 g/mol. The lowest BCUT2D eigenvalue weighted by atomic mass is 10.4. The van der Waals surface area contributed by atoms with Crippen molar-refractivity contribution in [3.05, 3.63) is 0 Å². The number of hydrogen-bond donors (Lipinski definition) is 2. The quantitative estimate of drug-likeness (QED) is 0.470. The Labute approximate surface area is 36.3 Å². The summed E-state index contributed by atoms with van der Waals surface area (Å²) in [6.07, 6.45) is 0. The molecule has 0 rings (SSSR count). The second-order valence-corrected chi connectivity index (χ2v) is 1.15. The van der Waals surface area contributed by atoms with Crippen LogP contribution >= 0.6 is 0 Å². The lowest BCUT2D eigenvalue weighted by molar-refractivity contribution is 0.433. The molecule has 0 aliphatic carbocycles. The van der Waals surface area contributed by atoms with Crippen molar-refractivity contribution in [3.8, 4) is 0 Å². The number of nitrogens with two attached hydrogens (primary N) is 2. The Morgan fingerprint density at radius 1 is 1.67 bits per heavy atom. The van der Waals surface area contributed by atoms with Gasteiger partial charge in [0.05, 0.1) is 0 Å². The fourth-order valence-corrected chi connectivity index (χ4v) is 0.0630. The second-order valence-electron chi connectivity index (χ2n) is 1.15. The lowest BCUT2D eigenvalue weighted by Gasteiger charge is -1.97. The summed E-state index contributed by atoms with van der Waals surface area (Å²) in [4.78, 5) is 0. The molecule has 0 saturated heterocycles. The number of alkyl halides is 1. The van der Waals surface area contributed by atoms with E-state index in [1.165, 1.54) is 0 Å². The topological polar surface area (TPSA) is 52.0 Å². The van der Waals surface area contributed by atoms with E-state index in [9.17, 15) is 4.39 Å². The van der Waals surface area contributed by atoms with Gasteiger partial charge in [0.15, 0.2) is 0 Å². The highest BCUT2D eigenvalue weighted by Crippen LogP contribution is 1.70. The zero-order valence-electron chi connectivity index (χ0n) is 3.52. The minimum atomic E-state index is -0.517. The summed E-state index contributed by atoms with van der Waals surface area (Å²) in [5.74, 6) is 0. The van der Waals surface area contributed by atoms with E-state index in [4.69, 9.17) is 11.5 Å². The molecule has 0 fully saturated rings. The van der Waals surface area contributed by atoms with E-state index < -0.39 is 12.7 Å². The van der Waals surface area contributed by atoms with E-state index in [0.29, 0.717) is 0 Å². The molecule has 0 aliphatic heterocycles. The lowest BCUT2D eigenvalue weighted by Crippen LogP contribution is -2.31. The normalized spacial score (nSPS) is 14.5. The van der Waals surface area contributed by atoms with Gasteiger partial charge < -0.3 is 11.5 Å². The van der Waals surface area contributed by atoms with Crippen LogP contribution in [-0.2, 0) is 0 Å². The molecule has 0 aromatic rings. The number of hydrogen-bond acceptors (Lipinski definition) is 2. The van der Waals surface area contributed by atoms with Crippen molar-refractivity contribution in [2.45, 2.75) is 6.04 Å². The van der Waals surface area contributed by atoms with Crippen molar-refractivity contribution in [2.24, 2.45) is 11.5 Å². The van der Waals surface area contributed by atoms with Crippen molar-refractivity contribution < 1.29 is 4.39 Å². The molecule has 6 heavy (non-hydrogen) atoms. The van der Waals surface area contributed by atoms with Crippen LogP contribution in [0.5, 0.6) is 0 Å². The molecule has 3 heteroatoms. The second kappa shape index (κ2) is 3.06. The molecule has 0 aliphatic rings. The summed E-state index contributed by atoms with van der Waals surface area (Å²) in [5.41, 5.74) is 9.89. The largest absolute Gasteiger partial charge is 0.329 e. The Morgan fingerprint density at radius 2 is 2.17 bits per heavy atom. The number of halogens is 1. The molecule has 0 heterocycles. The average Bonchev–Trinajstić information content (AvgIpc) is 1.65.